The van der Waals surface area contributed by atoms with E-state index in [4.69, 9.17) is 5.53 Å². The molecule has 58 valence electrons. The predicted octanol–water partition coefficient (Wildman–Crippen LogP) is 0.292. The summed E-state index contributed by atoms with van der Waals surface area (Å²) >= 11 is 0. The van der Waals surface area contributed by atoms with Gasteiger partial charge in [-0.15, -0.1) is 0 Å². The molecule has 0 aromatic rings. The maximum Gasteiger partial charge on any atom is 0.264 e. The molecule has 1 fully saturated rings. The molecule has 11 heavy (non-hydrogen) atoms. The average Bonchev–Trinajstić information content (AvgIpc) is 2.29. The van der Waals surface area contributed by atoms with Gasteiger partial charge in [0.25, 0.3) is 11.8 Å². The largest absolute Gasteiger partial charge is 0.294 e. The van der Waals surface area contributed by atoms with Crippen LogP contribution in [0.2, 0.25) is 0 Å². The zero-order valence-electron chi connectivity index (χ0n) is 5.43. The molecule has 0 spiro atoms. The Bertz CT molecular complexity index is 228. The lowest BCUT2D eigenvalue weighted by Crippen LogP contribution is -2.26. The van der Waals surface area contributed by atoms with Crippen molar-refractivity contribution >= 4 is 11.8 Å². The molecule has 1 saturated heterocycles. The van der Waals surface area contributed by atoms with Gasteiger partial charge in [-0.25, -0.2) is 0 Å². The first-order chi connectivity index (χ1) is 5.25. The molecule has 0 saturated carbocycles. The Morgan fingerprint density at radius 2 is 2.00 bits per heavy atom. The third kappa shape index (κ3) is 1.39. The van der Waals surface area contributed by atoms with Crippen molar-refractivity contribution in [3.63, 3.8) is 0 Å². The Morgan fingerprint density at radius 1 is 1.45 bits per heavy atom. The summed E-state index contributed by atoms with van der Waals surface area (Å²) in [6, 6.07) is 0. The van der Waals surface area contributed by atoms with Crippen molar-refractivity contribution in [3.05, 3.63) is 10.4 Å². The molecular weight excluding hydrogens is 152 g/mol. The van der Waals surface area contributed by atoms with Crippen molar-refractivity contribution in [1.29, 1.82) is 0 Å². The van der Waals surface area contributed by atoms with E-state index in [0.29, 0.717) is 5.06 Å². The highest BCUT2D eigenvalue weighted by atomic mass is 16.8. The van der Waals surface area contributed by atoms with Crippen LogP contribution in [0.1, 0.15) is 12.8 Å². The fourth-order valence-electron chi connectivity index (χ4n) is 0.700. The minimum atomic E-state index is -0.484. The van der Waals surface area contributed by atoms with Gasteiger partial charge < -0.3 is 0 Å². The summed E-state index contributed by atoms with van der Waals surface area (Å²) in [6.07, 6.45) is 0.222. The second-order valence-corrected chi connectivity index (χ2v) is 1.83. The highest BCUT2D eigenvalue weighted by molar-refractivity contribution is 6.00. The molecule has 1 heterocycles. The zero-order chi connectivity index (χ0) is 8.27. The molecule has 7 heteroatoms. The van der Waals surface area contributed by atoms with Gasteiger partial charge in [0, 0.05) is 17.8 Å². The second kappa shape index (κ2) is 2.89. The van der Waals surface area contributed by atoms with Gasteiger partial charge in [-0.3, -0.25) is 14.5 Å². The number of hydrogen-bond acceptors (Lipinski definition) is 4. The van der Waals surface area contributed by atoms with Crippen LogP contribution in [0.5, 0.6) is 0 Å². The number of nitrogens with zero attached hydrogens (tertiary/aromatic N) is 4. The van der Waals surface area contributed by atoms with Crippen LogP contribution in [-0.2, 0) is 14.5 Å². The van der Waals surface area contributed by atoms with Gasteiger partial charge in [0.2, 0.25) is 0 Å². The van der Waals surface area contributed by atoms with Crippen LogP contribution in [0, 0.1) is 0 Å². The van der Waals surface area contributed by atoms with Gasteiger partial charge in [0.1, 0.15) is 5.28 Å². The second-order valence-electron chi connectivity index (χ2n) is 1.83. The predicted molar refractivity (Wildman–Crippen MR) is 31.3 cm³/mol. The number of rotatable bonds is 2. The summed E-state index contributed by atoms with van der Waals surface area (Å²) < 4.78 is 0. The van der Waals surface area contributed by atoms with Crippen LogP contribution in [-0.4, -0.2) is 16.9 Å². The molecule has 0 atom stereocenters. The third-order valence-electron chi connectivity index (χ3n) is 1.16. The van der Waals surface area contributed by atoms with Gasteiger partial charge in [-0.2, -0.15) is 0 Å². The minimum absolute atomic E-state index is 0.111. The Labute approximate surface area is 61.1 Å². The smallest absolute Gasteiger partial charge is 0.264 e. The van der Waals surface area contributed by atoms with Crippen molar-refractivity contribution in [2.24, 2.45) is 5.28 Å². The summed E-state index contributed by atoms with van der Waals surface area (Å²) in [5, 5.41) is 3.08. The molecule has 0 aliphatic carbocycles. The van der Waals surface area contributed by atoms with Crippen LogP contribution < -0.4 is 0 Å². The number of hydrogen-bond donors (Lipinski definition) is 0. The number of hydroxylamine groups is 2. The molecule has 0 N–H and O–H groups in total. The van der Waals surface area contributed by atoms with E-state index in [-0.39, 0.29) is 12.8 Å². The normalized spacial score (nSPS) is 16.5. The van der Waals surface area contributed by atoms with E-state index in [1.165, 1.54) is 0 Å². The van der Waals surface area contributed by atoms with Gasteiger partial charge in [-0.1, -0.05) is 5.06 Å². The molecule has 0 aromatic carbocycles. The average molecular weight is 156 g/mol. The van der Waals surface area contributed by atoms with Gasteiger partial charge >= 0.3 is 0 Å². The van der Waals surface area contributed by atoms with Crippen LogP contribution in [0.25, 0.3) is 10.4 Å². The number of imide groups is 1. The van der Waals surface area contributed by atoms with Crippen LogP contribution in [0.15, 0.2) is 5.28 Å². The molecule has 1 aliphatic rings. The maximum absolute atomic E-state index is 10.7. The lowest BCUT2D eigenvalue weighted by atomic mass is 10.4. The van der Waals surface area contributed by atoms with Crippen molar-refractivity contribution in [2.75, 3.05) is 0 Å². The Kier molecular flexibility index (Phi) is 1.93. The van der Waals surface area contributed by atoms with Crippen molar-refractivity contribution < 1.29 is 14.5 Å². The van der Waals surface area contributed by atoms with E-state index in [1.807, 2.05) is 0 Å². The summed E-state index contributed by atoms with van der Waals surface area (Å²) in [7, 11) is 0. The molecule has 0 bridgehead atoms. The molecule has 1 rings (SSSR count). The lowest BCUT2D eigenvalue weighted by molar-refractivity contribution is -0.188. The highest BCUT2D eigenvalue weighted by Crippen LogP contribution is 2.11. The van der Waals surface area contributed by atoms with Crippen molar-refractivity contribution in [1.82, 2.24) is 5.06 Å². The summed E-state index contributed by atoms with van der Waals surface area (Å²) in [4.78, 5) is 27.7. The first-order valence-electron chi connectivity index (χ1n) is 2.83. The van der Waals surface area contributed by atoms with E-state index >= 15 is 0 Å². The SMILES string of the molecule is [N-]=[N+]=NON1C(=O)CCC1=O. The number of amides is 2. The molecule has 7 nitrogen and oxygen atoms in total. The molecule has 2 amide bonds. The molecular formula is C4H4N4O3. The topological polar surface area (TPSA) is 95.4 Å². The Hall–Kier alpha value is -1.75. The van der Waals surface area contributed by atoms with E-state index < -0.39 is 11.8 Å². The number of carbonyl (C=O) groups excluding carboxylic acids is 2. The maximum atomic E-state index is 10.7. The molecule has 0 radical (unpaired) electrons. The van der Waals surface area contributed by atoms with Crippen LogP contribution in [0.3, 0.4) is 0 Å². The van der Waals surface area contributed by atoms with E-state index in [9.17, 15) is 9.59 Å². The van der Waals surface area contributed by atoms with Gasteiger partial charge in [0.15, 0.2) is 0 Å². The summed E-state index contributed by atoms with van der Waals surface area (Å²) in [6.45, 7) is 0. The van der Waals surface area contributed by atoms with Gasteiger partial charge in [-0.05, 0) is 5.53 Å². The molecule has 1 aliphatic heterocycles. The monoisotopic (exact) mass is 156 g/mol. The van der Waals surface area contributed by atoms with E-state index in [1.54, 1.807) is 0 Å². The Morgan fingerprint density at radius 3 is 2.45 bits per heavy atom. The fourth-order valence-corrected chi connectivity index (χ4v) is 0.700. The first-order valence-corrected chi connectivity index (χ1v) is 2.83. The van der Waals surface area contributed by atoms with Crippen LogP contribution in [0.4, 0.5) is 0 Å². The number of azide groups is 1. The third-order valence-corrected chi connectivity index (χ3v) is 1.16. The Balaban J connectivity index is 2.61. The fraction of sp³-hybridized carbons (Fsp3) is 0.500. The number of carbonyl (C=O) groups is 2. The van der Waals surface area contributed by atoms with E-state index in [2.05, 4.69) is 15.1 Å². The van der Waals surface area contributed by atoms with Crippen molar-refractivity contribution in [3.8, 4) is 0 Å². The summed E-state index contributed by atoms with van der Waals surface area (Å²) in [5.41, 5.74) is 7.78. The highest BCUT2D eigenvalue weighted by Gasteiger charge is 2.30. The quantitative estimate of drug-likeness (QED) is 0.189. The first kappa shape index (κ1) is 7.36. The summed E-state index contributed by atoms with van der Waals surface area (Å²) in [5.74, 6) is -0.968. The zero-order valence-corrected chi connectivity index (χ0v) is 5.43. The van der Waals surface area contributed by atoms with Gasteiger partial charge in [0.05, 0.1) is 0 Å². The molecule has 0 unspecified atom stereocenters. The lowest BCUT2D eigenvalue weighted by Gasteiger charge is -2.06. The minimum Gasteiger partial charge on any atom is -0.294 e. The standard InChI is InChI=1S/C4H4N4O3/c5-6-7-11-8-3(9)1-2-4(8)10/h1-2H2. The van der Waals surface area contributed by atoms with Crippen molar-refractivity contribution in [2.45, 2.75) is 12.8 Å². The van der Waals surface area contributed by atoms with Crippen LogP contribution >= 0.6 is 0 Å². The molecule has 0 aromatic heterocycles. The van der Waals surface area contributed by atoms with E-state index in [0.717, 1.165) is 0 Å².